The summed E-state index contributed by atoms with van der Waals surface area (Å²) < 4.78 is 5.52. The van der Waals surface area contributed by atoms with Crippen molar-refractivity contribution in [2.45, 2.75) is 46.3 Å². The highest BCUT2D eigenvalue weighted by molar-refractivity contribution is 4.72. The second kappa shape index (κ2) is 4.73. The topological polar surface area (TPSA) is 21.3 Å². The van der Waals surface area contributed by atoms with Crippen molar-refractivity contribution < 1.29 is 4.74 Å². The smallest absolute Gasteiger partial charge is 0.0750 e. The van der Waals surface area contributed by atoms with Crippen molar-refractivity contribution in [3.8, 4) is 0 Å². The second-order valence-corrected chi connectivity index (χ2v) is 3.73. The van der Waals surface area contributed by atoms with Gasteiger partial charge in [0.15, 0.2) is 0 Å². The molecule has 68 valence electrons. The fourth-order valence-corrected chi connectivity index (χ4v) is 0.892. The van der Waals surface area contributed by atoms with Crippen molar-refractivity contribution in [3.05, 3.63) is 0 Å². The maximum atomic E-state index is 5.52. The third kappa shape index (κ3) is 6.32. The van der Waals surface area contributed by atoms with Crippen LogP contribution in [0.2, 0.25) is 0 Å². The Morgan fingerprint density at radius 1 is 1.36 bits per heavy atom. The van der Waals surface area contributed by atoms with Crippen LogP contribution < -0.4 is 5.32 Å². The van der Waals surface area contributed by atoms with Gasteiger partial charge in [0.05, 0.1) is 5.60 Å². The molecular formula is C9H21NO. The normalized spacial score (nSPS) is 12.5. The van der Waals surface area contributed by atoms with Crippen LogP contribution in [0.4, 0.5) is 0 Å². The van der Waals surface area contributed by atoms with Gasteiger partial charge in [-0.25, -0.2) is 0 Å². The van der Waals surface area contributed by atoms with Gasteiger partial charge in [-0.05, 0) is 20.8 Å². The average molecular weight is 159 g/mol. The number of hydrogen-bond donors (Lipinski definition) is 1. The fourth-order valence-electron chi connectivity index (χ4n) is 0.892. The summed E-state index contributed by atoms with van der Waals surface area (Å²) in [5.41, 5.74) is -0.0287. The minimum Gasteiger partial charge on any atom is -0.375 e. The van der Waals surface area contributed by atoms with Crippen LogP contribution in [0.3, 0.4) is 0 Å². The van der Waals surface area contributed by atoms with Crippen LogP contribution in [0.15, 0.2) is 0 Å². The maximum Gasteiger partial charge on any atom is 0.0750 e. The molecule has 0 amide bonds. The van der Waals surface area contributed by atoms with E-state index in [1.54, 1.807) is 0 Å². The molecule has 0 bridgehead atoms. The van der Waals surface area contributed by atoms with Crippen LogP contribution in [0, 0.1) is 0 Å². The molecule has 0 saturated heterocycles. The van der Waals surface area contributed by atoms with E-state index in [9.17, 15) is 0 Å². The summed E-state index contributed by atoms with van der Waals surface area (Å²) in [6.45, 7) is 12.2. The van der Waals surface area contributed by atoms with Crippen LogP contribution in [0.5, 0.6) is 0 Å². The molecule has 0 heterocycles. The maximum absolute atomic E-state index is 5.52. The zero-order valence-corrected chi connectivity index (χ0v) is 8.40. The van der Waals surface area contributed by atoms with Crippen LogP contribution in [-0.2, 0) is 4.74 Å². The largest absolute Gasteiger partial charge is 0.375 e. The molecule has 0 aliphatic rings. The molecule has 0 aromatic heterocycles. The Bertz CT molecular complexity index is 99.7. The predicted molar refractivity (Wildman–Crippen MR) is 48.8 cm³/mol. The minimum atomic E-state index is -0.0287. The molecule has 0 aliphatic carbocycles. The standard InChI is InChI=1S/C9H21NO/c1-6-11-9(4,5)7-10-8(2)3/h8,10H,6-7H2,1-5H3. The molecule has 2 nitrogen and oxygen atoms in total. The molecule has 1 N–H and O–H groups in total. The lowest BCUT2D eigenvalue weighted by molar-refractivity contribution is -0.00994. The first-order chi connectivity index (χ1) is 4.98. The number of nitrogens with one attached hydrogen (secondary N) is 1. The molecule has 2 heteroatoms. The van der Waals surface area contributed by atoms with Gasteiger partial charge in [-0.15, -0.1) is 0 Å². The molecular weight excluding hydrogens is 138 g/mol. The summed E-state index contributed by atoms with van der Waals surface area (Å²) in [5.74, 6) is 0. The molecule has 0 aliphatic heterocycles. The Morgan fingerprint density at radius 2 is 1.91 bits per heavy atom. The fraction of sp³-hybridized carbons (Fsp3) is 1.00. The third-order valence-corrected chi connectivity index (χ3v) is 1.47. The van der Waals surface area contributed by atoms with Gasteiger partial charge < -0.3 is 10.1 Å². The second-order valence-electron chi connectivity index (χ2n) is 3.73. The van der Waals surface area contributed by atoms with Gasteiger partial charge in [0.2, 0.25) is 0 Å². The Hall–Kier alpha value is -0.0800. The van der Waals surface area contributed by atoms with Crippen molar-refractivity contribution in [3.63, 3.8) is 0 Å². The van der Waals surface area contributed by atoms with Crippen molar-refractivity contribution in [1.82, 2.24) is 5.32 Å². The molecule has 0 radical (unpaired) electrons. The van der Waals surface area contributed by atoms with Crippen molar-refractivity contribution in [2.24, 2.45) is 0 Å². The van der Waals surface area contributed by atoms with E-state index in [-0.39, 0.29) is 5.60 Å². The summed E-state index contributed by atoms with van der Waals surface area (Å²) in [6, 6.07) is 0.537. The van der Waals surface area contributed by atoms with Crippen LogP contribution in [0.1, 0.15) is 34.6 Å². The first kappa shape index (κ1) is 10.9. The van der Waals surface area contributed by atoms with Crippen LogP contribution in [0.25, 0.3) is 0 Å². The zero-order valence-electron chi connectivity index (χ0n) is 8.40. The summed E-state index contributed by atoms with van der Waals surface area (Å²) >= 11 is 0. The molecule has 0 aromatic rings. The lowest BCUT2D eigenvalue weighted by atomic mass is 10.1. The van der Waals surface area contributed by atoms with Gasteiger partial charge in [0, 0.05) is 19.2 Å². The highest BCUT2D eigenvalue weighted by atomic mass is 16.5. The van der Waals surface area contributed by atoms with Crippen molar-refractivity contribution in [2.75, 3.05) is 13.2 Å². The molecule has 0 unspecified atom stereocenters. The molecule has 0 saturated carbocycles. The van der Waals surface area contributed by atoms with Gasteiger partial charge in [0.1, 0.15) is 0 Å². The van der Waals surface area contributed by atoms with E-state index >= 15 is 0 Å². The summed E-state index contributed by atoms with van der Waals surface area (Å²) in [7, 11) is 0. The first-order valence-electron chi connectivity index (χ1n) is 4.35. The van der Waals surface area contributed by atoms with Gasteiger partial charge in [-0.1, -0.05) is 13.8 Å². The van der Waals surface area contributed by atoms with Gasteiger partial charge in [-0.3, -0.25) is 0 Å². The molecule has 0 fully saturated rings. The average Bonchev–Trinajstić information content (AvgIpc) is 1.84. The van der Waals surface area contributed by atoms with E-state index in [4.69, 9.17) is 4.74 Å². The van der Waals surface area contributed by atoms with E-state index in [0.717, 1.165) is 13.2 Å². The molecule has 0 spiro atoms. The Morgan fingerprint density at radius 3 is 2.27 bits per heavy atom. The van der Waals surface area contributed by atoms with Crippen molar-refractivity contribution in [1.29, 1.82) is 0 Å². The molecule has 0 aromatic carbocycles. The minimum absolute atomic E-state index is 0.0287. The summed E-state index contributed by atoms with van der Waals surface area (Å²) in [5, 5.41) is 3.35. The number of hydrogen-bond acceptors (Lipinski definition) is 2. The lowest BCUT2D eigenvalue weighted by Gasteiger charge is -2.26. The first-order valence-corrected chi connectivity index (χ1v) is 4.35. The van der Waals surface area contributed by atoms with Gasteiger partial charge >= 0.3 is 0 Å². The summed E-state index contributed by atoms with van der Waals surface area (Å²) in [6.07, 6.45) is 0. The van der Waals surface area contributed by atoms with Crippen LogP contribution in [-0.4, -0.2) is 24.8 Å². The van der Waals surface area contributed by atoms with E-state index in [2.05, 4.69) is 33.0 Å². The monoisotopic (exact) mass is 159 g/mol. The van der Waals surface area contributed by atoms with E-state index in [0.29, 0.717) is 6.04 Å². The van der Waals surface area contributed by atoms with Gasteiger partial charge in [0.25, 0.3) is 0 Å². The lowest BCUT2D eigenvalue weighted by Crippen LogP contribution is -2.40. The van der Waals surface area contributed by atoms with E-state index in [1.165, 1.54) is 0 Å². The third-order valence-electron chi connectivity index (χ3n) is 1.47. The van der Waals surface area contributed by atoms with E-state index in [1.807, 2.05) is 6.92 Å². The number of rotatable bonds is 5. The van der Waals surface area contributed by atoms with Crippen molar-refractivity contribution >= 4 is 0 Å². The molecule has 0 rings (SSSR count). The summed E-state index contributed by atoms with van der Waals surface area (Å²) in [4.78, 5) is 0. The predicted octanol–water partition coefficient (Wildman–Crippen LogP) is 1.80. The van der Waals surface area contributed by atoms with E-state index < -0.39 is 0 Å². The highest BCUT2D eigenvalue weighted by Gasteiger charge is 2.16. The Labute approximate surface area is 70.3 Å². The SMILES string of the molecule is CCOC(C)(C)CNC(C)C. The zero-order chi connectivity index (χ0) is 8.91. The Kier molecular flexibility index (Phi) is 4.69. The number of ether oxygens (including phenoxy) is 1. The molecule has 0 atom stereocenters. The van der Waals surface area contributed by atoms with Crippen LogP contribution >= 0.6 is 0 Å². The molecule has 11 heavy (non-hydrogen) atoms. The highest BCUT2D eigenvalue weighted by Crippen LogP contribution is 2.06. The Balaban J connectivity index is 3.54. The van der Waals surface area contributed by atoms with Gasteiger partial charge in [-0.2, -0.15) is 0 Å². The quantitative estimate of drug-likeness (QED) is 0.660.